The summed E-state index contributed by atoms with van der Waals surface area (Å²) in [6.07, 6.45) is 2.00. The Morgan fingerprint density at radius 2 is 1.18 bits per heavy atom. The topological polar surface area (TPSA) is 140 Å². The van der Waals surface area contributed by atoms with Gasteiger partial charge in [0.25, 0.3) is 0 Å². The molecule has 2 atom stereocenters. The third-order valence-electron chi connectivity index (χ3n) is 8.23. The molecule has 2 unspecified atom stereocenters. The summed E-state index contributed by atoms with van der Waals surface area (Å²) < 4.78 is 9.97. The number of nitrogens with one attached hydrogen (secondary N) is 3. The first-order valence-corrected chi connectivity index (χ1v) is 21.8. The van der Waals surface area contributed by atoms with Gasteiger partial charge in [0.2, 0.25) is 5.91 Å². The molecule has 0 saturated heterocycles. The van der Waals surface area contributed by atoms with Crippen molar-refractivity contribution in [2.75, 3.05) is 31.7 Å². The zero-order valence-electron chi connectivity index (χ0n) is 28.5. The van der Waals surface area contributed by atoms with Gasteiger partial charge in [-0.05, 0) is 6.92 Å². The van der Waals surface area contributed by atoms with Gasteiger partial charge in [-0.1, -0.05) is 0 Å². The molecule has 0 radical (unpaired) electrons. The summed E-state index contributed by atoms with van der Waals surface area (Å²) in [7, 11) is 0. The standard InChI is InChI=1S/C37H47BrN3O7PS/c1-3-47-35(44)26-39-36(45)32(27-50)41-34(43)24-23-31(37(46)48-4-2)40-33(42)22-14-15-25-49(38,28-16-8-5-9-17-28,29-18-10-6-11-19-29)30-20-12-7-13-21-30/h5-13,16-21,31-32,50H,3-4,14-15,22-27H2,1-2H3,(H,39,45)(H,40,42)(H,41,43). The van der Waals surface area contributed by atoms with E-state index < -0.39 is 41.1 Å². The van der Waals surface area contributed by atoms with Crippen molar-refractivity contribution in [3.63, 3.8) is 0 Å². The minimum atomic E-state index is -3.14. The second kappa shape index (κ2) is 20.2. The number of carbonyl (C=O) groups is 5. The van der Waals surface area contributed by atoms with Crippen LogP contribution in [0.15, 0.2) is 91.0 Å². The average molecular weight is 789 g/mol. The van der Waals surface area contributed by atoms with Gasteiger partial charge in [-0.2, -0.15) is 12.6 Å². The van der Waals surface area contributed by atoms with E-state index in [4.69, 9.17) is 9.47 Å². The van der Waals surface area contributed by atoms with Crippen LogP contribution in [0.4, 0.5) is 0 Å². The molecule has 0 spiro atoms. The van der Waals surface area contributed by atoms with Gasteiger partial charge in [0.1, 0.15) is 6.54 Å². The van der Waals surface area contributed by atoms with Crippen molar-refractivity contribution >= 4 is 79.0 Å². The number of halogens is 1. The molecule has 0 bridgehead atoms. The number of benzene rings is 3. The van der Waals surface area contributed by atoms with Crippen molar-refractivity contribution in [2.45, 2.75) is 58.0 Å². The van der Waals surface area contributed by atoms with Gasteiger partial charge < -0.3 is 10.1 Å². The van der Waals surface area contributed by atoms with Crippen LogP contribution in [0.25, 0.3) is 0 Å². The summed E-state index contributed by atoms with van der Waals surface area (Å²) in [4.78, 5) is 62.7. The van der Waals surface area contributed by atoms with Crippen molar-refractivity contribution in [3.05, 3.63) is 91.0 Å². The maximum absolute atomic E-state index is 13.2. The first kappa shape index (κ1) is 40.7. The molecule has 3 amide bonds. The molecular weight excluding hydrogens is 741 g/mol. The molecule has 3 aromatic carbocycles. The van der Waals surface area contributed by atoms with Crippen molar-refractivity contribution in [1.82, 2.24) is 16.0 Å². The van der Waals surface area contributed by atoms with Crippen molar-refractivity contribution in [1.29, 1.82) is 0 Å². The molecule has 0 heterocycles. The Hall–Kier alpha value is -3.73. The number of ether oxygens (including phenoxy) is 2. The number of esters is 2. The number of hydrogen-bond acceptors (Lipinski definition) is 8. The molecule has 3 aromatic rings. The fourth-order valence-corrected chi connectivity index (χ4v) is 13.7. The zero-order valence-corrected chi connectivity index (χ0v) is 31.9. The maximum atomic E-state index is 13.2. The second-order valence-electron chi connectivity index (χ2n) is 11.6. The summed E-state index contributed by atoms with van der Waals surface area (Å²) in [5.41, 5.74) is 0. The summed E-state index contributed by atoms with van der Waals surface area (Å²) in [5.74, 6) is -2.71. The van der Waals surface area contributed by atoms with Crippen LogP contribution in [0, 0.1) is 0 Å². The number of amides is 3. The van der Waals surface area contributed by atoms with Gasteiger partial charge in [0.05, 0.1) is 6.61 Å². The number of unbranched alkanes of at least 4 members (excludes halogenated alkanes) is 1. The molecule has 0 aliphatic carbocycles. The van der Waals surface area contributed by atoms with Gasteiger partial charge in [0, 0.05) is 5.75 Å². The van der Waals surface area contributed by atoms with Crippen molar-refractivity contribution in [3.8, 4) is 0 Å². The van der Waals surface area contributed by atoms with E-state index >= 15 is 0 Å². The van der Waals surface area contributed by atoms with E-state index in [-0.39, 0.29) is 50.7 Å². The SMILES string of the molecule is CCOC(=O)CNC(=O)C(CS)NC(=O)CCC(NC(=O)CCCCP(Br)(c1ccccc1)(c1ccccc1)c1ccccc1)C(=O)OCC. The molecule has 3 N–H and O–H groups in total. The van der Waals surface area contributed by atoms with E-state index in [0.717, 1.165) is 6.16 Å². The van der Waals surface area contributed by atoms with Crippen LogP contribution in [0.3, 0.4) is 0 Å². The molecule has 10 nitrogen and oxygen atoms in total. The van der Waals surface area contributed by atoms with E-state index in [1.165, 1.54) is 15.9 Å². The second-order valence-corrected chi connectivity index (χ2v) is 21.0. The fraction of sp³-hybridized carbons (Fsp3) is 0.378. The van der Waals surface area contributed by atoms with Gasteiger partial charge in [-0.3, -0.25) is 9.59 Å². The van der Waals surface area contributed by atoms with E-state index in [1.54, 1.807) is 13.8 Å². The Labute approximate surface area is 307 Å². The predicted octanol–water partition coefficient (Wildman–Crippen LogP) is 3.92. The van der Waals surface area contributed by atoms with Crippen LogP contribution in [0.5, 0.6) is 0 Å². The molecule has 3 rings (SSSR count). The number of hydrogen-bond donors (Lipinski definition) is 4. The predicted molar refractivity (Wildman–Crippen MR) is 206 cm³/mol. The first-order valence-electron chi connectivity index (χ1n) is 16.8. The molecule has 0 saturated carbocycles. The van der Waals surface area contributed by atoms with E-state index in [1.807, 2.05) is 54.6 Å². The molecule has 0 fully saturated rings. The quantitative estimate of drug-likeness (QED) is 0.0590. The molecular formula is C37H47BrN3O7PS. The average Bonchev–Trinajstić information content (AvgIpc) is 3.14. The van der Waals surface area contributed by atoms with Gasteiger partial charge in [-0.15, -0.1) is 0 Å². The molecule has 0 aliphatic rings. The summed E-state index contributed by atoms with van der Waals surface area (Å²) >= 11 is 8.56. The minimum absolute atomic E-state index is 0.0178. The van der Waals surface area contributed by atoms with Crippen LogP contribution in [-0.2, 0) is 33.4 Å². The number of carbonyl (C=O) groups excluding carboxylic acids is 5. The fourth-order valence-electron chi connectivity index (χ4n) is 5.73. The number of rotatable bonds is 20. The van der Waals surface area contributed by atoms with Crippen LogP contribution in [-0.4, -0.2) is 73.4 Å². The molecule has 13 heteroatoms. The summed E-state index contributed by atoms with van der Waals surface area (Å²) in [6.45, 7) is 3.26. The summed E-state index contributed by atoms with van der Waals surface area (Å²) in [6, 6.07) is 29.2. The van der Waals surface area contributed by atoms with Crippen molar-refractivity contribution in [2.24, 2.45) is 0 Å². The van der Waals surface area contributed by atoms with Gasteiger partial charge in [-0.25, -0.2) is 0 Å². The molecule has 0 aromatic heterocycles. The van der Waals surface area contributed by atoms with Crippen LogP contribution in [0.2, 0.25) is 0 Å². The first-order chi connectivity index (χ1) is 24.1. The normalized spacial score (nSPS) is 13.1. The van der Waals surface area contributed by atoms with E-state index in [2.05, 4.69) is 80.5 Å². The molecule has 50 heavy (non-hydrogen) atoms. The summed E-state index contributed by atoms with van der Waals surface area (Å²) in [5, 5.41) is 8.16. The van der Waals surface area contributed by atoms with Gasteiger partial charge >= 0.3 is 245 Å². The van der Waals surface area contributed by atoms with Gasteiger partial charge in [0.15, 0.2) is 0 Å². The Bertz CT molecular complexity index is 1470. The monoisotopic (exact) mass is 787 g/mol. The Kier molecular flexibility index (Phi) is 16.4. The van der Waals surface area contributed by atoms with E-state index in [0.29, 0.717) is 12.8 Å². The van der Waals surface area contributed by atoms with Crippen LogP contribution in [0.1, 0.15) is 46.0 Å². The Morgan fingerprint density at radius 1 is 0.700 bits per heavy atom. The number of thiol groups is 1. The van der Waals surface area contributed by atoms with Crippen LogP contribution >= 0.6 is 33.4 Å². The molecule has 0 aliphatic heterocycles. The third-order valence-corrected chi connectivity index (χ3v) is 18.6. The van der Waals surface area contributed by atoms with Crippen molar-refractivity contribution < 1.29 is 33.4 Å². The zero-order chi connectivity index (χ0) is 36.4. The Morgan fingerprint density at radius 3 is 1.66 bits per heavy atom. The Balaban J connectivity index is 1.66. The molecule has 270 valence electrons. The van der Waals surface area contributed by atoms with Crippen LogP contribution < -0.4 is 31.9 Å². The van der Waals surface area contributed by atoms with E-state index in [9.17, 15) is 24.0 Å². The third kappa shape index (κ3) is 10.9.